The molecule has 1 aromatic rings. The lowest BCUT2D eigenvalue weighted by Gasteiger charge is -2.07. The van der Waals surface area contributed by atoms with Crippen molar-refractivity contribution in [3.8, 4) is 0 Å². The summed E-state index contributed by atoms with van der Waals surface area (Å²) in [4.78, 5) is 0. The lowest BCUT2D eigenvalue weighted by atomic mass is 10.1. The Kier molecular flexibility index (Phi) is 2.94. The lowest BCUT2D eigenvalue weighted by Crippen LogP contribution is -2.03. The summed E-state index contributed by atoms with van der Waals surface area (Å²) in [5, 5.41) is 0.399. The molecular formula is C8H8Cl2FN. The van der Waals surface area contributed by atoms with Crippen molar-refractivity contribution in [3.05, 3.63) is 34.1 Å². The van der Waals surface area contributed by atoms with Crippen molar-refractivity contribution in [2.24, 2.45) is 5.73 Å². The van der Waals surface area contributed by atoms with E-state index in [-0.39, 0.29) is 5.82 Å². The van der Waals surface area contributed by atoms with Crippen LogP contribution in [0.1, 0.15) is 16.6 Å². The third-order valence-electron chi connectivity index (χ3n) is 1.58. The van der Waals surface area contributed by atoms with Crippen molar-refractivity contribution in [2.45, 2.75) is 12.4 Å². The minimum atomic E-state index is -0.757. The molecule has 0 heterocycles. The van der Waals surface area contributed by atoms with E-state index in [0.29, 0.717) is 16.1 Å². The van der Waals surface area contributed by atoms with Crippen molar-refractivity contribution >= 4 is 23.2 Å². The Balaban J connectivity index is 3.23. The first kappa shape index (κ1) is 9.78. The van der Waals surface area contributed by atoms with E-state index in [0.717, 1.165) is 0 Å². The maximum Gasteiger partial charge on any atom is 0.126 e. The first-order chi connectivity index (χ1) is 5.52. The molecule has 0 amide bonds. The van der Waals surface area contributed by atoms with Gasteiger partial charge in [-0.2, -0.15) is 0 Å². The quantitative estimate of drug-likeness (QED) is 0.557. The summed E-state index contributed by atoms with van der Waals surface area (Å²) >= 11 is 11.3. The molecular weight excluding hydrogens is 200 g/mol. The molecule has 2 N–H and O–H groups in total. The highest BCUT2D eigenvalue weighted by atomic mass is 35.5. The third-order valence-corrected chi connectivity index (χ3v) is 2.14. The third kappa shape index (κ3) is 1.89. The molecule has 4 heteroatoms. The Labute approximate surface area is 80.3 Å². The molecule has 0 aliphatic carbocycles. The molecule has 1 atom stereocenters. The van der Waals surface area contributed by atoms with E-state index in [9.17, 15) is 4.39 Å². The fourth-order valence-electron chi connectivity index (χ4n) is 0.873. The standard InChI is InChI=1S/C8H8Cl2FN/c1-4-2-6(9)5(8(10)12)3-7(4)11/h2-3,8H,12H2,1H3. The normalized spacial score (nSPS) is 13.1. The molecule has 0 saturated carbocycles. The van der Waals surface area contributed by atoms with Gasteiger partial charge in [-0.1, -0.05) is 11.6 Å². The summed E-state index contributed by atoms with van der Waals surface area (Å²) in [7, 11) is 0. The summed E-state index contributed by atoms with van der Waals surface area (Å²) in [6.45, 7) is 1.63. The van der Waals surface area contributed by atoms with Crippen molar-refractivity contribution in [1.82, 2.24) is 0 Å². The van der Waals surface area contributed by atoms with E-state index < -0.39 is 5.50 Å². The van der Waals surface area contributed by atoms with E-state index in [2.05, 4.69) is 0 Å². The van der Waals surface area contributed by atoms with Gasteiger partial charge in [-0.15, -0.1) is 11.6 Å². The van der Waals surface area contributed by atoms with Gasteiger partial charge < -0.3 is 5.73 Å². The second-order valence-corrected chi connectivity index (χ2v) is 3.40. The summed E-state index contributed by atoms with van der Waals surface area (Å²) in [5.74, 6) is -0.342. The Hall–Kier alpha value is -0.310. The van der Waals surface area contributed by atoms with Crippen LogP contribution in [0.15, 0.2) is 12.1 Å². The first-order valence-electron chi connectivity index (χ1n) is 3.37. The van der Waals surface area contributed by atoms with Gasteiger partial charge in [0.15, 0.2) is 0 Å². The second-order valence-electron chi connectivity index (χ2n) is 2.52. The summed E-state index contributed by atoms with van der Waals surface area (Å²) in [6, 6.07) is 2.77. The van der Waals surface area contributed by atoms with E-state index in [1.165, 1.54) is 12.1 Å². The van der Waals surface area contributed by atoms with Crippen molar-refractivity contribution in [1.29, 1.82) is 0 Å². The van der Waals surface area contributed by atoms with Crippen LogP contribution in [0.25, 0.3) is 0 Å². The zero-order valence-corrected chi connectivity index (χ0v) is 7.96. The maximum absolute atomic E-state index is 12.9. The Bertz CT molecular complexity index is 299. The molecule has 1 nitrogen and oxygen atoms in total. The fraction of sp³-hybridized carbons (Fsp3) is 0.250. The van der Waals surface area contributed by atoms with Gasteiger partial charge in [0.1, 0.15) is 11.3 Å². The van der Waals surface area contributed by atoms with Crippen molar-refractivity contribution < 1.29 is 4.39 Å². The highest BCUT2D eigenvalue weighted by Crippen LogP contribution is 2.26. The van der Waals surface area contributed by atoms with Crippen molar-refractivity contribution in [3.63, 3.8) is 0 Å². The number of rotatable bonds is 1. The fourth-order valence-corrected chi connectivity index (χ4v) is 1.45. The molecule has 0 saturated heterocycles. The Morgan fingerprint density at radius 1 is 1.50 bits per heavy atom. The smallest absolute Gasteiger partial charge is 0.126 e. The summed E-state index contributed by atoms with van der Waals surface area (Å²) in [6.07, 6.45) is 0. The van der Waals surface area contributed by atoms with Crippen LogP contribution in [-0.2, 0) is 0 Å². The van der Waals surface area contributed by atoms with E-state index in [1.54, 1.807) is 6.92 Å². The highest BCUT2D eigenvalue weighted by molar-refractivity contribution is 6.32. The molecule has 0 aliphatic rings. The number of hydrogen-bond donors (Lipinski definition) is 1. The summed E-state index contributed by atoms with van der Waals surface area (Å²) in [5.41, 5.74) is 5.50. The minimum absolute atomic E-state index is 0.342. The lowest BCUT2D eigenvalue weighted by molar-refractivity contribution is 0.616. The Morgan fingerprint density at radius 3 is 2.58 bits per heavy atom. The highest BCUT2D eigenvalue weighted by Gasteiger charge is 2.09. The molecule has 66 valence electrons. The van der Waals surface area contributed by atoms with Gasteiger partial charge in [0.05, 0.1) is 0 Å². The topological polar surface area (TPSA) is 26.0 Å². The van der Waals surface area contributed by atoms with Crippen LogP contribution < -0.4 is 5.73 Å². The second kappa shape index (κ2) is 3.60. The molecule has 1 aromatic carbocycles. The molecule has 0 radical (unpaired) electrons. The number of nitrogens with two attached hydrogens (primary N) is 1. The van der Waals surface area contributed by atoms with Crippen LogP contribution in [0.5, 0.6) is 0 Å². The van der Waals surface area contributed by atoms with Gasteiger partial charge >= 0.3 is 0 Å². The van der Waals surface area contributed by atoms with Gasteiger partial charge in [-0.05, 0) is 24.6 Å². The SMILES string of the molecule is Cc1cc(Cl)c(C(N)Cl)cc1F. The van der Waals surface area contributed by atoms with Crippen LogP contribution in [0.4, 0.5) is 4.39 Å². The number of halogens is 3. The number of benzene rings is 1. The molecule has 1 rings (SSSR count). The van der Waals surface area contributed by atoms with Crippen LogP contribution in [0.2, 0.25) is 5.02 Å². The number of hydrogen-bond acceptors (Lipinski definition) is 1. The average molecular weight is 208 g/mol. The number of alkyl halides is 1. The number of aryl methyl sites for hydroxylation is 1. The van der Waals surface area contributed by atoms with Gasteiger partial charge in [0.25, 0.3) is 0 Å². The maximum atomic E-state index is 12.9. The predicted octanol–water partition coefficient (Wildman–Crippen LogP) is 2.98. The molecule has 0 spiro atoms. The predicted molar refractivity (Wildman–Crippen MR) is 48.9 cm³/mol. The van der Waals surface area contributed by atoms with Crippen molar-refractivity contribution in [2.75, 3.05) is 0 Å². The minimum Gasteiger partial charge on any atom is -0.312 e. The van der Waals surface area contributed by atoms with Gasteiger partial charge in [0, 0.05) is 10.6 Å². The van der Waals surface area contributed by atoms with Gasteiger partial charge in [-0.3, -0.25) is 0 Å². The van der Waals surface area contributed by atoms with E-state index >= 15 is 0 Å². The molecule has 0 bridgehead atoms. The van der Waals surface area contributed by atoms with Gasteiger partial charge in [0.2, 0.25) is 0 Å². The molecule has 0 aromatic heterocycles. The van der Waals surface area contributed by atoms with Crippen LogP contribution in [0.3, 0.4) is 0 Å². The Morgan fingerprint density at radius 2 is 2.08 bits per heavy atom. The largest absolute Gasteiger partial charge is 0.312 e. The molecule has 0 fully saturated rings. The first-order valence-corrected chi connectivity index (χ1v) is 4.19. The average Bonchev–Trinajstić information content (AvgIpc) is 1.96. The van der Waals surface area contributed by atoms with Crippen LogP contribution in [0, 0.1) is 12.7 Å². The van der Waals surface area contributed by atoms with E-state index in [4.69, 9.17) is 28.9 Å². The monoisotopic (exact) mass is 207 g/mol. The van der Waals surface area contributed by atoms with Crippen LogP contribution >= 0.6 is 23.2 Å². The molecule has 12 heavy (non-hydrogen) atoms. The molecule has 0 aliphatic heterocycles. The summed E-state index contributed by atoms with van der Waals surface area (Å²) < 4.78 is 12.9. The van der Waals surface area contributed by atoms with Gasteiger partial charge in [-0.25, -0.2) is 4.39 Å². The van der Waals surface area contributed by atoms with E-state index in [1.807, 2.05) is 0 Å². The zero-order valence-electron chi connectivity index (χ0n) is 6.44. The molecule has 1 unspecified atom stereocenters. The van der Waals surface area contributed by atoms with Crippen LogP contribution in [-0.4, -0.2) is 0 Å². The zero-order chi connectivity index (χ0) is 9.30.